The van der Waals surface area contributed by atoms with Crippen LogP contribution in [0.4, 0.5) is 24.7 Å². The monoisotopic (exact) mass is 442 g/mol. The maximum atomic E-state index is 12.6. The first-order valence-corrected chi connectivity index (χ1v) is 9.32. The van der Waals surface area contributed by atoms with Crippen molar-refractivity contribution in [3.63, 3.8) is 0 Å². The Morgan fingerprint density at radius 3 is 2.70 bits per heavy atom. The second kappa shape index (κ2) is 8.78. The minimum atomic E-state index is -4.53. The van der Waals surface area contributed by atoms with Crippen LogP contribution in [0.25, 0.3) is 0 Å². The molecule has 0 saturated heterocycles. The number of fused-ring (bicyclic) bond motifs is 1. The molecule has 2 N–H and O–H groups in total. The largest absolute Gasteiger partial charge is 0.477 e. The van der Waals surface area contributed by atoms with Crippen LogP contribution < -0.4 is 20.3 Å². The third-order valence-corrected chi connectivity index (χ3v) is 4.62. The molecular weight excluding hydrogens is 425 g/mol. The Balaban J connectivity index is 1.54. The Kier molecular flexibility index (Phi) is 6.35. The zero-order valence-electron chi connectivity index (χ0n) is 15.8. The van der Waals surface area contributed by atoms with E-state index in [1.165, 1.54) is 11.8 Å². The van der Waals surface area contributed by atoms with E-state index in [-0.39, 0.29) is 36.4 Å². The highest BCUT2D eigenvalue weighted by atomic mass is 35.5. The highest BCUT2D eigenvalue weighted by Gasteiger charge is 2.33. The molecule has 30 heavy (non-hydrogen) atoms. The second-order valence-electron chi connectivity index (χ2n) is 6.47. The van der Waals surface area contributed by atoms with Crippen LogP contribution in [0.5, 0.6) is 5.75 Å². The van der Waals surface area contributed by atoms with Crippen molar-refractivity contribution >= 4 is 34.9 Å². The molecule has 1 atom stereocenters. The molecule has 7 nitrogen and oxygen atoms in total. The molecule has 2 amide bonds. The van der Waals surface area contributed by atoms with Crippen molar-refractivity contribution in [1.29, 1.82) is 0 Å². The highest BCUT2D eigenvalue weighted by molar-refractivity contribution is 6.32. The number of aromatic nitrogens is 1. The van der Waals surface area contributed by atoms with Gasteiger partial charge in [-0.2, -0.15) is 13.2 Å². The fourth-order valence-corrected chi connectivity index (χ4v) is 3.11. The summed E-state index contributed by atoms with van der Waals surface area (Å²) >= 11 is 5.82. The molecule has 1 aliphatic heterocycles. The summed E-state index contributed by atoms with van der Waals surface area (Å²) < 4.78 is 43.6. The number of alkyl halides is 3. The van der Waals surface area contributed by atoms with Crippen molar-refractivity contribution in [3.05, 3.63) is 47.1 Å². The topological polar surface area (TPSA) is 83.6 Å². The number of pyridine rings is 1. The predicted octanol–water partition coefficient (Wildman–Crippen LogP) is 3.10. The molecule has 11 heteroatoms. The molecule has 0 unspecified atom stereocenters. The lowest BCUT2D eigenvalue weighted by Crippen LogP contribution is -2.50. The van der Waals surface area contributed by atoms with Gasteiger partial charge in [0.15, 0.2) is 6.10 Å². The summed E-state index contributed by atoms with van der Waals surface area (Å²) in [5, 5.41) is 5.23. The Morgan fingerprint density at radius 2 is 2.03 bits per heavy atom. The number of benzene rings is 1. The fourth-order valence-electron chi connectivity index (χ4n) is 2.87. The second-order valence-corrected chi connectivity index (χ2v) is 6.88. The van der Waals surface area contributed by atoms with Gasteiger partial charge in [0.1, 0.15) is 11.6 Å². The number of para-hydroxylation sites is 2. The van der Waals surface area contributed by atoms with Crippen molar-refractivity contribution in [2.45, 2.75) is 19.2 Å². The molecule has 160 valence electrons. The third kappa shape index (κ3) is 4.93. The molecule has 0 radical (unpaired) electrons. The van der Waals surface area contributed by atoms with Crippen LogP contribution in [0.2, 0.25) is 5.02 Å². The average molecular weight is 443 g/mol. The molecular formula is C19H18ClF3N4O3. The molecule has 1 aromatic carbocycles. The van der Waals surface area contributed by atoms with Crippen LogP contribution in [0.15, 0.2) is 36.5 Å². The summed E-state index contributed by atoms with van der Waals surface area (Å²) in [6.07, 6.45) is -4.75. The number of nitrogens with one attached hydrogen (secondary N) is 2. The van der Waals surface area contributed by atoms with Crippen molar-refractivity contribution < 1.29 is 27.5 Å². The molecule has 2 heterocycles. The molecule has 0 bridgehead atoms. The Hall–Kier alpha value is -3.01. The number of amides is 2. The van der Waals surface area contributed by atoms with E-state index in [2.05, 4.69) is 15.6 Å². The van der Waals surface area contributed by atoms with Crippen LogP contribution in [0.3, 0.4) is 0 Å². The lowest BCUT2D eigenvalue weighted by atomic mass is 10.1. The van der Waals surface area contributed by atoms with Crippen molar-refractivity contribution in [3.8, 4) is 5.75 Å². The van der Waals surface area contributed by atoms with Gasteiger partial charge >= 0.3 is 6.18 Å². The van der Waals surface area contributed by atoms with Crippen molar-refractivity contribution in [2.24, 2.45) is 0 Å². The summed E-state index contributed by atoms with van der Waals surface area (Å²) in [6.45, 7) is 1.78. The average Bonchev–Trinajstić information content (AvgIpc) is 2.70. The van der Waals surface area contributed by atoms with Crippen LogP contribution >= 0.6 is 11.6 Å². The van der Waals surface area contributed by atoms with E-state index in [4.69, 9.17) is 16.3 Å². The summed E-state index contributed by atoms with van der Waals surface area (Å²) in [6, 6.07) is 7.69. The fraction of sp³-hybridized carbons (Fsp3) is 0.316. The van der Waals surface area contributed by atoms with Gasteiger partial charge in [-0.1, -0.05) is 23.7 Å². The lowest BCUT2D eigenvalue weighted by Gasteiger charge is -2.33. The van der Waals surface area contributed by atoms with E-state index in [0.717, 1.165) is 6.07 Å². The number of ether oxygens (including phenoxy) is 1. The molecule has 0 spiro atoms. The highest BCUT2D eigenvalue weighted by Crippen LogP contribution is 2.33. The number of nitrogens with zero attached hydrogens (tertiary/aromatic N) is 2. The summed E-state index contributed by atoms with van der Waals surface area (Å²) in [4.78, 5) is 29.5. The predicted molar refractivity (Wildman–Crippen MR) is 105 cm³/mol. The van der Waals surface area contributed by atoms with Crippen molar-refractivity contribution in [2.75, 3.05) is 29.9 Å². The van der Waals surface area contributed by atoms with Gasteiger partial charge in [-0.25, -0.2) is 4.98 Å². The molecule has 2 aromatic rings. The number of anilines is 2. The molecule has 1 aromatic heterocycles. The molecule has 0 fully saturated rings. The number of carbonyl (C=O) groups excluding carboxylic acids is 2. The van der Waals surface area contributed by atoms with Gasteiger partial charge in [0.2, 0.25) is 5.91 Å². The minimum Gasteiger partial charge on any atom is -0.477 e. The van der Waals surface area contributed by atoms with Gasteiger partial charge in [-0.05, 0) is 18.2 Å². The van der Waals surface area contributed by atoms with Gasteiger partial charge in [-0.3, -0.25) is 9.59 Å². The van der Waals surface area contributed by atoms with Crippen LogP contribution in [0, 0.1) is 0 Å². The SMILES string of the molecule is CC(=O)N1C[C@@H](C(=O)NCCNc2ncc(C(F)(F)F)cc2Cl)Oc2ccccc21. The Bertz CT molecular complexity index is 955. The van der Waals surface area contributed by atoms with Crippen molar-refractivity contribution in [1.82, 2.24) is 10.3 Å². The van der Waals surface area contributed by atoms with E-state index >= 15 is 0 Å². The first kappa shape index (κ1) is 21.7. The molecule has 0 saturated carbocycles. The molecule has 0 aliphatic carbocycles. The zero-order chi connectivity index (χ0) is 21.9. The maximum Gasteiger partial charge on any atom is 0.417 e. The minimum absolute atomic E-state index is 0.0674. The quantitative estimate of drug-likeness (QED) is 0.695. The van der Waals surface area contributed by atoms with Gasteiger partial charge in [-0.15, -0.1) is 0 Å². The first-order chi connectivity index (χ1) is 14.2. The van der Waals surface area contributed by atoms with E-state index in [9.17, 15) is 22.8 Å². The number of halogens is 4. The number of hydrogen-bond donors (Lipinski definition) is 2. The van der Waals surface area contributed by atoms with E-state index in [1.54, 1.807) is 24.3 Å². The zero-order valence-corrected chi connectivity index (χ0v) is 16.5. The van der Waals surface area contributed by atoms with E-state index < -0.39 is 23.8 Å². The Labute approximate surface area is 175 Å². The van der Waals surface area contributed by atoms with Gasteiger partial charge in [0, 0.05) is 26.2 Å². The van der Waals surface area contributed by atoms with Crippen LogP contribution in [-0.2, 0) is 15.8 Å². The molecule has 3 rings (SSSR count). The van der Waals surface area contributed by atoms with Gasteiger partial charge < -0.3 is 20.3 Å². The lowest BCUT2D eigenvalue weighted by molar-refractivity contribution is -0.137. The summed E-state index contributed by atoms with van der Waals surface area (Å²) in [5.41, 5.74) is -0.352. The van der Waals surface area contributed by atoms with Gasteiger partial charge in [0.25, 0.3) is 5.91 Å². The normalized spacial score (nSPS) is 15.8. The van der Waals surface area contributed by atoms with Crippen LogP contribution in [0.1, 0.15) is 12.5 Å². The standard InChI is InChI=1S/C19H18ClF3N4O3/c1-11(28)27-10-16(30-15-5-3-2-4-14(15)27)18(29)25-7-6-24-17-13(20)8-12(9-26-17)19(21,22)23/h2-5,8-9,16H,6-7,10H2,1H3,(H,24,26)(H,25,29)/t16-/m0/s1. The first-order valence-electron chi connectivity index (χ1n) is 8.95. The number of carbonyl (C=O) groups is 2. The third-order valence-electron chi connectivity index (χ3n) is 4.33. The smallest absolute Gasteiger partial charge is 0.417 e. The summed E-state index contributed by atoms with van der Waals surface area (Å²) in [7, 11) is 0. The van der Waals surface area contributed by atoms with Gasteiger partial charge in [0.05, 0.1) is 22.8 Å². The number of hydrogen-bond acceptors (Lipinski definition) is 5. The van der Waals surface area contributed by atoms with Crippen LogP contribution in [-0.4, -0.2) is 42.5 Å². The maximum absolute atomic E-state index is 12.6. The molecule has 1 aliphatic rings. The van der Waals surface area contributed by atoms with E-state index in [1.807, 2.05) is 0 Å². The Morgan fingerprint density at radius 1 is 1.30 bits per heavy atom. The summed E-state index contributed by atoms with van der Waals surface area (Å²) in [5.74, 6) is -0.139. The van der Waals surface area contributed by atoms with E-state index in [0.29, 0.717) is 17.6 Å². The number of rotatable bonds is 5.